The zero-order valence-electron chi connectivity index (χ0n) is 11.1. The van der Waals surface area contributed by atoms with Crippen LogP contribution < -0.4 is 0 Å². The Balaban J connectivity index is 2.50. The Labute approximate surface area is 99.8 Å². The lowest BCUT2D eigenvalue weighted by Gasteiger charge is -2.27. The minimum atomic E-state index is -0.204. The summed E-state index contributed by atoms with van der Waals surface area (Å²) in [5, 5.41) is 0. The molecule has 0 radical (unpaired) electrons. The highest BCUT2D eigenvalue weighted by molar-refractivity contribution is 5.83. The fourth-order valence-corrected chi connectivity index (χ4v) is 2.21. The second-order valence-corrected chi connectivity index (χ2v) is 5.85. The highest BCUT2D eigenvalue weighted by atomic mass is 16.5. The molecule has 1 rings (SSSR count). The van der Waals surface area contributed by atoms with Gasteiger partial charge in [-0.15, -0.1) is 0 Å². The van der Waals surface area contributed by atoms with Crippen molar-refractivity contribution in [2.75, 3.05) is 0 Å². The van der Waals surface area contributed by atoms with Gasteiger partial charge in [0, 0.05) is 6.42 Å². The molecule has 0 spiro atoms. The maximum atomic E-state index is 12.0. The number of ketones is 1. The average Bonchev–Trinajstić information content (AvgIpc) is 2.18. The van der Waals surface area contributed by atoms with E-state index < -0.39 is 0 Å². The minimum Gasteiger partial charge on any atom is -0.365 e. The molecular formula is C14H26O2. The maximum Gasteiger partial charge on any atom is 0.161 e. The molecule has 0 aromatic heterocycles. The number of ether oxygens (including phenoxy) is 1. The van der Waals surface area contributed by atoms with Crippen LogP contribution in [0.1, 0.15) is 72.1 Å². The van der Waals surface area contributed by atoms with Crippen LogP contribution in [-0.4, -0.2) is 17.5 Å². The fraction of sp³-hybridized carbons (Fsp3) is 0.929. The molecule has 0 aliphatic heterocycles. The van der Waals surface area contributed by atoms with Crippen LogP contribution in [0.15, 0.2) is 0 Å². The summed E-state index contributed by atoms with van der Waals surface area (Å²) in [6, 6.07) is 0. The molecule has 94 valence electrons. The molecule has 0 N–H and O–H groups in total. The molecule has 1 atom stereocenters. The van der Waals surface area contributed by atoms with Gasteiger partial charge in [0.1, 0.15) is 6.10 Å². The van der Waals surface area contributed by atoms with Gasteiger partial charge in [-0.05, 0) is 33.6 Å². The van der Waals surface area contributed by atoms with Crippen molar-refractivity contribution in [1.29, 1.82) is 0 Å². The highest BCUT2D eigenvalue weighted by Crippen LogP contribution is 2.21. The van der Waals surface area contributed by atoms with Crippen molar-refractivity contribution >= 4 is 5.78 Å². The number of rotatable bonds is 1. The van der Waals surface area contributed by atoms with E-state index in [2.05, 4.69) is 0 Å². The van der Waals surface area contributed by atoms with E-state index in [1.165, 1.54) is 25.7 Å². The molecule has 2 heteroatoms. The molecule has 1 aliphatic carbocycles. The molecule has 1 unspecified atom stereocenters. The van der Waals surface area contributed by atoms with Gasteiger partial charge < -0.3 is 4.74 Å². The SMILES string of the molecule is CC(C)(C)OC1CCCCCCCCC1=O. The molecule has 0 bridgehead atoms. The number of hydrogen-bond acceptors (Lipinski definition) is 2. The van der Waals surface area contributed by atoms with E-state index in [0.717, 1.165) is 19.3 Å². The Hall–Kier alpha value is -0.370. The summed E-state index contributed by atoms with van der Waals surface area (Å²) in [5.74, 6) is 0.317. The lowest BCUT2D eigenvalue weighted by atomic mass is 9.97. The van der Waals surface area contributed by atoms with Gasteiger partial charge in [-0.1, -0.05) is 32.1 Å². The largest absolute Gasteiger partial charge is 0.365 e. The van der Waals surface area contributed by atoms with Gasteiger partial charge in [0.05, 0.1) is 5.60 Å². The first kappa shape index (κ1) is 13.7. The van der Waals surface area contributed by atoms with Crippen molar-refractivity contribution in [3.8, 4) is 0 Å². The fourth-order valence-electron chi connectivity index (χ4n) is 2.21. The zero-order valence-corrected chi connectivity index (χ0v) is 11.1. The van der Waals surface area contributed by atoms with Crippen LogP contribution in [-0.2, 0) is 9.53 Å². The Morgan fingerprint density at radius 2 is 1.56 bits per heavy atom. The van der Waals surface area contributed by atoms with Crippen LogP contribution in [0.5, 0.6) is 0 Å². The van der Waals surface area contributed by atoms with Gasteiger partial charge in [0.25, 0.3) is 0 Å². The first-order valence-corrected chi connectivity index (χ1v) is 6.69. The average molecular weight is 226 g/mol. The molecule has 16 heavy (non-hydrogen) atoms. The van der Waals surface area contributed by atoms with E-state index >= 15 is 0 Å². The third-order valence-electron chi connectivity index (χ3n) is 2.99. The summed E-state index contributed by atoms with van der Waals surface area (Å²) in [7, 11) is 0. The molecule has 0 aromatic carbocycles. The molecule has 1 aliphatic rings. The van der Waals surface area contributed by atoms with Crippen molar-refractivity contribution in [3.05, 3.63) is 0 Å². The van der Waals surface area contributed by atoms with Crippen molar-refractivity contribution in [3.63, 3.8) is 0 Å². The number of carbonyl (C=O) groups excluding carboxylic acids is 1. The molecule has 0 saturated heterocycles. The number of hydrogen-bond donors (Lipinski definition) is 0. The first-order valence-electron chi connectivity index (χ1n) is 6.69. The van der Waals surface area contributed by atoms with Gasteiger partial charge in [-0.2, -0.15) is 0 Å². The zero-order chi connectivity index (χ0) is 12.0. The first-order chi connectivity index (χ1) is 7.49. The summed E-state index contributed by atoms with van der Waals surface area (Å²) >= 11 is 0. The number of carbonyl (C=O) groups is 1. The van der Waals surface area contributed by atoms with Crippen molar-refractivity contribution in [2.45, 2.75) is 83.8 Å². The van der Waals surface area contributed by atoms with Gasteiger partial charge in [0.15, 0.2) is 5.78 Å². The molecule has 0 aromatic rings. The maximum absolute atomic E-state index is 12.0. The topological polar surface area (TPSA) is 26.3 Å². The van der Waals surface area contributed by atoms with Crippen molar-refractivity contribution < 1.29 is 9.53 Å². The normalized spacial score (nSPS) is 25.4. The van der Waals surface area contributed by atoms with E-state index in [-0.39, 0.29) is 11.7 Å². The Bertz CT molecular complexity index is 215. The number of Topliss-reactive ketones (excluding diaryl/α,β-unsaturated/α-hetero) is 1. The van der Waals surface area contributed by atoms with Crippen LogP contribution in [0.2, 0.25) is 0 Å². The van der Waals surface area contributed by atoms with E-state index in [0.29, 0.717) is 12.2 Å². The molecule has 1 saturated carbocycles. The second kappa shape index (κ2) is 6.39. The lowest BCUT2D eigenvalue weighted by molar-refractivity contribution is -0.141. The van der Waals surface area contributed by atoms with Crippen molar-refractivity contribution in [1.82, 2.24) is 0 Å². The Kier molecular flexibility index (Phi) is 5.47. The lowest BCUT2D eigenvalue weighted by Crippen LogP contribution is -2.33. The predicted molar refractivity (Wildman–Crippen MR) is 66.6 cm³/mol. The second-order valence-electron chi connectivity index (χ2n) is 5.85. The Morgan fingerprint density at radius 1 is 1.00 bits per heavy atom. The Morgan fingerprint density at radius 3 is 2.19 bits per heavy atom. The minimum absolute atomic E-state index is 0.155. The molecule has 2 nitrogen and oxygen atoms in total. The van der Waals surface area contributed by atoms with Crippen LogP contribution in [0, 0.1) is 0 Å². The smallest absolute Gasteiger partial charge is 0.161 e. The summed E-state index contributed by atoms with van der Waals surface area (Å²) in [4.78, 5) is 12.0. The third kappa shape index (κ3) is 5.64. The quantitative estimate of drug-likeness (QED) is 0.678. The molecule has 0 heterocycles. The monoisotopic (exact) mass is 226 g/mol. The summed E-state index contributed by atoms with van der Waals surface area (Å²) in [5.41, 5.74) is -0.204. The summed E-state index contributed by atoms with van der Waals surface area (Å²) in [6.45, 7) is 6.08. The van der Waals surface area contributed by atoms with E-state index in [4.69, 9.17) is 4.74 Å². The van der Waals surface area contributed by atoms with E-state index in [9.17, 15) is 4.79 Å². The van der Waals surface area contributed by atoms with Crippen LogP contribution in [0.3, 0.4) is 0 Å². The predicted octanol–water partition coefficient (Wildman–Crippen LogP) is 3.87. The third-order valence-corrected chi connectivity index (χ3v) is 2.99. The molecule has 0 amide bonds. The van der Waals surface area contributed by atoms with E-state index in [1.54, 1.807) is 0 Å². The van der Waals surface area contributed by atoms with E-state index in [1.807, 2.05) is 20.8 Å². The summed E-state index contributed by atoms with van der Waals surface area (Å²) < 4.78 is 5.87. The van der Waals surface area contributed by atoms with Gasteiger partial charge in [0.2, 0.25) is 0 Å². The van der Waals surface area contributed by atoms with Crippen LogP contribution in [0.25, 0.3) is 0 Å². The standard InChI is InChI=1S/C14H26O2/c1-14(2,3)16-13-11-9-7-5-4-6-8-10-12(13)15/h13H,4-11H2,1-3H3. The van der Waals surface area contributed by atoms with Gasteiger partial charge in [-0.25, -0.2) is 0 Å². The van der Waals surface area contributed by atoms with Crippen LogP contribution >= 0.6 is 0 Å². The van der Waals surface area contributed by atoms with Gasteiger partial charge in [-0.3, -0.25) is 4.79 Å². The summed E-state index contributed by atoms with van der Waals surface area (Å²) in [6.07, 6.45) is 8.70. The highest BCUT2D eigenvalue weighted by Gasteiger charge is 2.24. The van der Waals surface area contributed by atoms with Gasteiger partial charge >= 0.3 is 0 Å². The molecule has 1 fully saturated rings. The van der Waals surface area contributed by atoms with Crippen molar-refractivity contribution in [2.24, 2.45) is 0 Å². The molecular weight excluding hydrogens is 200 g/mol. The van der Waals surface area contributed by atoms with Crippen LogP contribution in [0.4, 0.5) is 0 Å².